The maximum atomic E-state index is 8.52. The lowest BCUT2D eigenvalue weighted by molar-refractivity contribution is 0.518. The van der Waals surface area contributed by atoms with Gasteiger partial charge in [-0.15, -0.1) is 4.99 Å². The zero-order chi connectivity index (χ0) is 11.8. The summed E-state index contributed by atoms with van der Waals surface area (Å²) in [5.74, 6) is 0. The summed E-state index contributed by atoms with van der Waals surface area (Å²) in [6, 6.07) is 10.3. The van der Waals surface area contributed by atoms with Crippen molar-refractivity contribution >= 4 is 16.9 Å². The first kappa shape index (κ1) is 12.6. The second-order valence-electron chi connectivity index (χ2n) is 3.36. The Morgan fingerprint density at radius 1 is 1.44 bits per heavy atom. The number of amidine groups is 1. The Morgan fingerprint density at radius 3 is 2.69 bits per heavy atom. The van der Waals surface area contributed by atoms with E-state index in [0.717, 1.165) is 18.1 Å². The monoisotopic (exact) mass is 233 g/mol. The molecule has 1 rings (SSSR count). The van der Waals surface area contributed by atoms with Crippen LogP contribution in [-0.2, 0) is 6.42 Å². The summed E-state index contributed by atoms with van der Waals surface area (Å²) in [5.41, 5.74) is 1.30. The van der Waals surface area contributed by atoms with Gasteiger partial charge in [0.05, 0.1) is 0 Å². The lowest BCUT2D eigenvalue weighted by Crippen LogP contribution is -2.26. The molecule has 16 heavy (non-hydrogen) atoms. The van der Waals surface area contributed by atoms with Crippen LogP contribution in [0.2, 0.25) is 0 Å². The normalized spacial score (nSPS) is 10.9. The highest BCUT2D eigenvalue weighted by atomic mass is 32.2. The summed E-state index contributed by atoms with van der Waals surface area (Å²) >= 11 is 1.49. The first-order valence-electron chi connectivity index (χ1n) is 5.03. The fraction of sp³-hybridized carbons (Fsp3) is 0.333. The molecule has 0 aliphatic carbocycles. The molecule has 0 spiro atoms. The number of benzene rings is 1. The van der Waals surface area contributed by atoms with Gasteiger partial charge in [0.25, 0.3) is 0 Å². The Kier molecular flexibility index (Phi) is 5.44. The van der Waals surface area contributed by atoms with Crippen molar-refractivity contribution < 1.29 is 0 Å². The number of nitriles is 1. The largest absolute Gasteiger partial charge is 0.353 e. The Bertz CT molecular complexity index is 381. The fourth-order valence-electron chi connectivity index (χ4n) is 1.37. The van der Waals surface area contributed by atoms with Crippen LogP contribution in [0.25, 0.3) is 0 Å². The van der Waals surface area contributed by atoms with E-state index >= 15 is 0 Å². The van der Waals surface area contributed by atoms with Gasteiger partial charge < -0.3 is 4.90 Å². The number of thioether (sulfide) groups is 1. The van der Waals surface area contributed by atoms with Crippen LogP contribution < -0.4 is 0 Å². The van der Waals surface area contributed by atoms with E-state index in [4.69, 9.17) is 5.26 Å². The molecular formula is C12H15N3S. The summed E-state index contributed by atoms with van der Waals surface area (Å²) in [6.07, 6.45) is 4.71. The second kappa shape index (κ2) is 6.91. The third kappa shape index (κ3) is 3.95. The van der Waals surface area contributed by atoms with Crippen molar-refractivity contribution in [3.63, 3.8) is 0 Å². The molecule has 84 valence electrons. The summed E-state index contributed by atoms with van der Waals surface area (Å²) in [4.78, 5) is 5.77. The molecule has 0 bridgehead atoms. The van der Waals surface area contributed by atoms with Gasteiger partial charge in [0, 0.05) is 13.6 Å². The molecule has 0 saturated heterocycles. The number of rotatable bonds is 3. The minimum absolute atomic E-state index is 0.762. The van der Waals surface area contributed by atoms with Crippen LogP contribution in [0.15, 0.2) is 35.3 Å². The van der Waals surface area contributed by atoms with E-state index < -0.39 is 0 Å². The van der Waals surface area contributed by atoms with Crippen LogP contribution in [0, 0.1) is 11.5 Å². The van der Waals surface area contributed by atoms with Gasteiger partial charge in [0.1, 0.15) is 0 Å². The van der Waals surface area contributed by atoms with Gasteiger partial charge in [-0.2, -0.15) is 5.26 Å². The van der Waals surface area contributed by atoms with Crippen molar-refractivity contribution in [1.82, 2.24) is 4.90 Å². The van der Waals surface area contributed by atoms with Gasteiger partial charge in [-0.3, -0.25) is 0 Å². The number of aliphatic imine (C=N–C) groups is 1. The van der Waals surface area contributed by atoms with Crippen LogP contribution in [0.4, 0.5) is 0 Å². The van der Waals surface area contributed by atoms with Gasteiger partial charge in [0.15, 0.2) is 5.17 Å². The minimum atomic E-state index is 0.762. The zero-order valence-corrected chi connectivity index (χ0v) is 10.4. The highest BCUT2D eigenvalue weighted by Gasteiger charge is 2.04. The topological polar surface area (TPSA) is 39.4 Å². The van der Waals surface area contributed by atoms with E-state index in [1.165, 1.54) is 17.3 Å². The van der Waals surface area contributed by atoms with E-state index in [2.05, 4.69) is 17.1 Å². The second-order valence-corrected chi connectivity index (χ2v) is 4.13. The van der Waals surface area contributed by atoms with Crippen LogP contribution in [0.5, 0.6) is 0 Å². The minimum Gasteiger partial charge on any atom is -0.353 e. The lowest BCUT2D eigenvalue weighted by Gasteiger charge is -2.18. The van der Waals surface area contributed by atoms with Crippen LogP contribution in [-0.4, -0.2) is 29.9 Å². The summed E-state index contributed by atoms with van der Waals surface area (Å²) in [6.45, 7) is 0.866. The standard InChI is InChI=1S/C12H15N3S/c1-15(12(16-2)14-10-13)9-8-11-6-4-3-5-7-11/h3-7H,8-9H2,1-2H3. The first-order chi connectivity index (χ1) is 7.77. The molecule has 0 radical (unpaired) electrons. The van der Waals surface area contributed by atoms with Crippen LogP contribution in [0.3, 0.4) is 0 Å². The molecule has 0 heterocycles. The predicted octanol–water partition coefficient (Wildman–Crippen LogP) is 2.36. The highest BCUT2D eigenvalue weighted by molar-refractivity contribution is 8.13. The van der Waals surface area contributed by atoms with Crippen LogP contribution in [0.1, 0.15) is 5.56 Å². The molecule has 1 aromatic rings. The summed E-state index contributed by atoms with van der Waals surface area (Å²) in [5, 5.41) is 9.29. The van der Waals surface area contributed by atoms with Gasteiger partial charge in [-0.05, 0) is 18.2 Å². The number of hydrogen-bond donors (Lipinski definition) is 0. The van der Waals surface area contributed by atoms with Crippen molar-refractivity contribution in [2.24, 2.45) is 4.99 Å². The average molecular weight is 233 g/mol. The van der Waals surface area contributed by atoms with Gasteiger partial charge in [0.2, 0.25) is 6.19 Å². The summed E-state index contributed by atoms with van der Waals surface area (Å²) < 4.78 is 0. The number of likely N-dealkylation sites (N-methyl/N-ethyl adjacent to an activating group) is 1. The molecule has 0 aliphatic rings. The Hall–Kier alpha value is -1.47. The summed E-state index contributed by atoms with van der Waals surface area (Å²) in [7, 11) is 1.95. The van der Waals surface area contributed by atoms with Crippen molar-refractivity contribution in [2.45, 2.75) is 6.42 Å². The average Bonchev–Trinajstić information content (AvgIpc) is 2.34. The fourth-order valence-corrected chi connectivity index (χ4v) is 1.90. The Labute approximate surface area is 101 Å². The zero-order valence-electron chi connectivity index (χ0n) is 9.55. The Morgan fingerprint density at radius 2 is 2.12 bits per heavy atom. The lowest BCUT2D eigenvalue weighted by atomic mass is 10.1. The van der Waals surface area contributed by atoms with Crippen molar-refractivity contribution in [3.8, 4) is 6.19 Å². The molecule has 1 aromatic carbocycles. The molecular weight excluding hydrogens is 218 g/mol. The maximum Gasteiger partial charge on any atom is 0.208 e. The molecule has 0 fully saturated rings. The molecule has 0 amide bonds. The van der Waals surface area contributed by atoms with Gasteiger partial charge >= 0.3 is 0 Å². The third-order valence-corrected chi connectivity index (χ3v) is 3.00. The first-order valence-corrected chi connectivity index (χ1v) is 6.26. The smallest absolute Gasteiger partial charge is 0.208 e. The maximum absolute atomic E-state index is 8.52. The molecule has 0 saturated carbocycles. The number of hydrogen-bond acceptors (Lipinski definition) is 3. The van der Waals surface area contributed by atoms with Crippen LogP contribution >= 0.6 is 11.8 Å². The quantitative estimate of drug-likeness (QED) is 0.457. The van der Waals surface area contributed by atoms with E-state index in [0.29, 0.717) is 0 Å². The predicted molar refractivity (Wildman–Crippen MR) is 69.3 cm³/mol. The SMILES string of the molecule is CSC(=NC#N)N(C)CCc1ccccc1. The van der Waals surface area contributed by atoms with E-state index in [1.807, 2.05) is 42.6 Å². The van der Waals surface area contributed by atoms with E-state index in [1.54, 1.807) is 0 Å². The molecule has 0 atom stereocenters. The molecule has 0 N–H and O–H groups in total. The number of nitrogens with zero attached hydrogens (tertiary/aromatic N) is 3. The van der Waals surface area contributed by atoms with E-state index in [-0.39, 0.29) is 0 Å². The van der Waals surface area contributed by atoms with Gasteiger partial charge in [-0.1, -0.05) is 42.1 Å². The Balaban J connectivity index is 2.50. The van der Waals surface area contributed by atoms with Crippen molar-refractivity contribution in [2.75, 3.05) is 19.8 Å². The van der Waals surface area contributed by atoms with Crippen molar-refractivity contribution in [1.29, 1.82) is 5.26 Å². The van der Waals surface area contributed by atoms with Crippen molar-refractivity contribution in [3.05, 3.63) is 35.9 Å². The third-order valence-electron chi connectivity index (χ3n) is 2.23. The molecule has 0 unspecified atom stereocenters. The van der Waals surface area contributed by atoms with Gasteiger partial charge in [-0.25, -0.2) is 0 Å². The molecule has 0 aliphatic heterocycles. The highest BCUT2D eigenvalue weighted by Crippen LogP contribution is 2.06. The molecule has 4 heteroatoms. The van der Waals surface area contributed by atoms with E-state index in [9.17, 15) is 0 Å². The molecule has 0 aromatic heterocycles. The molecule has 3 nitrogen and oxygen atoms in total.